The molecule has 26 heavy (non-hydrogen) atoms. The normalized spacial score (nSPS) is 11.4. The van der Waals surface area contributed by atoms with Crippen LogP contribution in [-0.2, 0) is 6.54 Å². The lowest BCUT2D eigenvalue weighted by molar-refractivity contribution is 0.293. The zero-order valence-corrected chi connectivity index (χ0v) is 17.4. The number of hydrogen-bond acceptors (Lipinski definition) is 3. The Balaban J connectivity index is 2.05. The lowest BCUT2D eigenvalue weighted by atomic mass is 10.1. The van der Waals surface area contributed by atoms with Crippen LogP contribution in [0.3, 0.4) is 0 Å². The maximum Gasteiger partial charge on any atom is 0.261 e. The van der Waals surface area contributed by atoms with Crippen LogP contribution in [0, 0.1) is 3.57 Å². The minimum Gasteiger partial charge on any atom is -0.304 e. The molecule has 3 rings (SSSR count). The second-order valence-corrected chi connectivity index (χ2v) is 7.55. The van der Waals surface area contributed by atoms with Crippen LogP contribution in [0.25, 0.3) is 22.3 Å². The molecule has 0 atom stereocenters. The third kappa shape index (κ3) is 4.15. The molecule has 4 nitrogen and oxygen atoms in total. The monoisotopic (exact) mass is 461 g/mol. The lowest BCUT2D eigenvalue weighted by Crippen LogP contribution is -2.28. The van der Waals surface area contributed by atoms with E-state index < -0.39 is 0 Å². The third-order valence-corrected chi connectivity index (χ3v) is 5.37. The summed E-state index contributed by atoms with van der Waals surface area (Å²) in [5.41, 5.74) is 1.79. The first-order chi connectivity index (χ1) is 12.6. The fraction of sp³-hybridized carbons (Fsp3) is 0.333. The SMILES string of the molecule is CCN(CC)CCCn1c(-c2ccccc2)nc2ccc(I)cc2c1=O. The Bertz CT molecular complexity index is 933. The molecule has 136 valence electrons. The molecule has 0 fully saturated rings. The Morgan fingerprint density at radius 1 is 1.08 bits per heavy atom. The third-order valence-electron chi connectivity index (χ3n) is 4.70. The van der Waals surface area contributed by atoms with Gasteiger partial charge in [-0.25, -0.2) is 4.98 Å². The minimum absolute atomic E-state index is 0.0481. The van der Waals surface area contributed by atoms with Crippen molar-refractivity contribution < 1.29 is 0 Å². The highest BCUT2D eigenvalue weighted by molar-refractivity contribution is 14.1. The van der Waals surface area contributed by atoms with Crippen molar-refractivity contribution in [2.24, 2.45) is 0 Å². The van der Waals surface area contributed by atoms with Gasteiger partial charge in [0, 0.05) is 15.7 Å². The molecular formula is C21H24IN3O. The van der Waals surface area contributed by atoms with Crippen LogP contribution < -0.4 is 5.56 Å². The van der Waals surface area contributed by atoms with E-state index in [0.717, 1.165) is 46.5 Å². The minimum atomic E-state index is 0.0481. The molecule has 0 radical (unpaired) electrons. The van der Waals surface area contributed by atoms with Gasteiger partial charge in [0.05, 0.1) is 10.9 Å². The summed E-state index contributed by atoms with van der Waals surface area (Å²) >= 11 is 2.24. The molecule has 2 aromatic carbocycles. The van der Waals surface area contributed by atoms with Gasteiger partial charge in [-0.3, -0.25) is 9.36 Å². The van der Waals surface area contributed by atoms with Gasteiger partial charge in [-0.2, -0.15) is 0 Å². The van der Waals surface area contributed by atoms with E-state index in [1.54, 1.807) is 0 Å². The van der Waals surface area contributed by atoms with Gasteiger partial charge in [0.1, 0.15) is 5.82 Å². The van der Waals surface area contributed by atoms with Crippen LogP contribution in [0.5, 0.6) is 0 Å². The van der Waals surface area contributed by atoms with E-state index >= 15 is 0 Å². The highest BCUT2D eigenvalue weighted by Crippen LogP contribution is 2.20. The van der Waals surface area contributed by atoms with E-state index in [1.165, 1.54) is 0 Å². The summed E-state index contributed by atoms with van der Waals surface area (Å²) in [6.45, 7) is 8.07. The van der Waals surface area contributed by atoms with Gasteiger partial charge in [0.25, 0.3) is 5.56 Å². The quantitative estimate of drug-likeness (QED) is 0.490. The van der Waals surface area contributed by atoms with Gasteiger partial charge < -0.3 is 4.90 Å². The molecule has 5 heteroatoms. The average molecular weight is 461 g/mol. The Labute approximate surface area is 168 Å². The Morgan fingerprint density at radius 3 is 2.50 bits per heavy atom. The fourth-order valence-corrected chi connectivity index (χ4v) is 3.69. The Hall–Kier alpha value is -1.73. The van der Waals surface area contributed by atoms with E-state index in [1.807, 2.05) is 53.1 Å². The van der Waals surface area contributed by atoms with Gasteiger partial charge in [-0.15, -0.1) is 0 Å². The van der Waals surface area contributed by atoms with Crippen molar-refractivity contribution in [3.63, 3.8) is 0 Å². The summed E-state index contributed by atoms with van der Waals surface area (Å²) in [5.74, 6) is 0.754. The standard InChI is InChI=1S/C21H24IN3O/c1-3-24(4-2)13-8-14-25-20(16-9-6-5-7-10-16)23-19-12-11-17(22)15-18(19)21(25)26/h5-7,9-12,15H,3-4,8,13-14H2,1-2H3. The van der Waals surface area contributed by atoms with Gasteiger partial charge in [0.15, 0.2) is 0 Å². The topological polar surface area (TPSA) is 38.1 Å². The first-order valence-corrected chi connectivity index (χ1v) is 10.2. The van der Waals surface area contributed by atoms with Gasteiger partial charge in [-0.05, 0) is 66.8 Å². The summed E-state index contributed by atoms with van der Waals surface area (Å²) in [7, 11) is 0. The number of aromatic nitrogens is 2. The number of rotatable bonds is 7. The van der Waals surface area contributed by atoms with E-state index in [9.17, 15) is 4.79 Å². The van der Waals surface area contributed by atoms with Crippen LogP contribution >= 0.6 is 22.6 Å². The fourth-order valence-electron chi connectivity index (χ4n) is 3.20. The number of halogens is 1. The Morgan fingerprint density at radius 2 is 1.81 bits per heavy atom. The smallest absolute Gasteiger partial charge is 0.261 e. The summed E-state index contributed by atoms with van der Waals surface area (Å²) in [4.78, 5) is 20.4. The summed E-state index contributed by atoms with van der Waals surface area (Å²) in [6.07, 6.45) is 0.929. The number of benzene rings is 2. The predicted molar refractivity (Wildman–Crippen MR) is 117 cm³/mol. The van der Waals surface area contributed by atoms with Crippen LogP contribution in [0.15, 0.2) is 53.3 Å². The van der Waals surface area contributed by atoms with Crippen molar-refractivity contribution in [1.29, 1.82) is 0 Å². The molecule has 0 saturated carbocycles. The second-order valence-electron chi connectivity index (χ2n) is 6.30. The molecule has 3 aromatic rings. The van der Waals surface area contributed by atoms with Crippen molar-refractivity contribution in [2.75, 3.05) is 19.6 Å². The van der Waals surface area contributed by atoms with Gasteiger partial charge in [-0.1, -0.05) is 44.2 Å². The molecule has 1 aromatic heterocycles. The van der Waals surface area contributed by atoms with Gasteiger partial charge in [0.2, 0.25) is 0 Å². The molecule has 0 spiro atoms. The highest BCUT2D eigenvalue weighted by atomic mass is 127. The molecule has 0 aliphatic carbocycles. The van der Waals surface area contributed by atoms with Crippen LogP contribution in [0.4, 0.5) is 0 Å². The zero-order chi connectivity index (χ0) is 18.5. The number of fused-ring (bicyclic) bond motifs is 1. The van der Waals surface area contributed by atoms with E-state index in [2.05, 4.69) is 41.3 Å². The summed E-state index contributed by atoms with van der Waals surface area (Å²) in [6, 6.07) is 15.8. The van der Waals surface area contributed by atoms with E-state index in [0.29, 0.717) is 11.9 Å². The van der Waals surface area contributed by atoms with Crippen LogP contribution in [0.2, 0.25) is 0 Å². The first-order valence-electron chi connectivity index (χ1n) is 9.12. The van der Waals surface area contributed by atoms with Crippen LogP contribution in [0.1, 0.15) is 20.3 Å². The Kier molecular flexibility index (Phi) is 6.43. The second kappa shape index (κ2) is 8.77. The van der Waals surface area contributed by atoms with Crippen molar-refractivity contribution in [2.45, 2.75) is 26.8 Å². The van der Waals surface area contributed by atoms with Crippen molar-refractivity contribution >= 4 is 33.5 Å². The molecule has 0 aliphatic heterocycles. The average Bonchev–Trinajstić information content (AvgIpc) is 2.67. The zero-order valence-electron chi connectivity index (χ0n) is 15.3. The van der Waals surface area contributed by atoms with E-state index in [4.69, 9.17) is 4.98 Å². The molecule has 0 bridgehead atoms. The van der Waals surface area contributed by atoms with E-state index in [-0.39, 0.29) is 5.56 Å². The van der Waals surface area contributed by atoms with Crippen molar-refractivity contribution in [3.05, 3.63) is 62.5 Å². The van der Waals surface area contributed by atoms with Crippen molar-refractivity contribution in [3.8, 4) is 11.4 Å². The lowest BCUT2D eigenvalue weighted by Gasteiger charge is -2.19. The molecule has 0 unspecified atom stereocenters. The molecule has 0 N–H and O–H groups in total. The molecule has 1 heterocycles. The van der Waals surface area contributed by atoms with Gasteiger partial charge >= 0.3 is 0 Å². The molecule has 0 aliphatic rings. The van der Waals surface area contributed by atoms with Crippen molar-refractivity contribution in [1.82, 2.24) is 14.5 Å². The molecule has 0 saturated heterocycles. The predicted octanol–water partition coefficient (Wildman–Crippen LogP) is 4.40. The molecular weight excluding hydrogens is 437 g/mol. The molecule has 0 amide bonds. The highest BCUT2D eigenvalue weighted by Gasteiger charge is 2.13. The number of nitrogens with zero attached hydrogens (tertiary/aromatic N) is 3. The summed E-state index contributed by atoms with van der Waals surface area (Å²) < 4.78 is 2.90. The first kappa shape index (κ1) is 19.0. The summed E-state index contributed by atoms with van der Waals surface area (Å²) in [5, 5.41) is 0.694. The van der Waals surface area contributed by atoms with Crippen LogP contribution in [-0.4, -0.2) is 34.1 Å². The number of hydrogen-bond donors (Lipinski definition) is 0. The maximum absolute atomic E-state index is 13.2. The maximum atomic E-state index is 13.2. The largest absolute Gasteiger partial charge is 0.304 e.